The molecular weight excluding hydrogens is 1430 g/mol. The first-order valence-electron chi connectivity index (χ1n) is 44.5. The molecule has 0 aliphatic heterocycles. The number of aliphatic hydroxyl groups is 2. The largest absolute Gasteiger partial charge is 0.472 e. The first-order chi connectivity index (χ1) is 54.2. The highest BCUT2D eigenvalue weighted by molar-refractivity contribution is 7.47. The second-order valence-electron chi connectivity index (χ2n) is 29.7. The van der Waals surface area contributed by atoms with E-state index in [0.29, 0.717) is 19.3 Å². The molecule has 640 valence electrons. The summed E-state index contributed by atoms with van der Waals surface area (Å²) < 4.78 is 61.3. The lowest BCUT2D eigenvalue weighted by molar-refractivity contribution is -0.161. The third kappa shape index (κ3) is 86.4. The van der Waals surface area contributed by atoms with Gasteiger partial charge in [0.1, 0.15) is 25.4 Å². The maximum absolute atomic E-state index is 13.0. The fourth-order valence-corrected chi connectivity index (χ4v) is 13.7. The lowest BCUT2D eigenvalue weighted by Crippen LogP contribution is -2.30. The highest BCUT2D eigenvalue weighted by Crippen LogP contribution is 2.45. The van der Waals surface area contributed by atoms with Crippen molar-refractivity contribution in [3.63, 3.8) is 0 Å². The molecule has 0 aliphatic rings. The molecule has 0 aliphatic carbocycles. The number of esters is 3. The number of allylic oxidation sites excluding steroid dienone is 22. The fourth-order valence-electron chi connectivity index (χ4n) is 12.1. The van der Waals surface area contributed by atoms with Gasteiger partial charge in [-0.1, -0.05) is 353 Å². The lowest BCUT2D eigenvalue weighted by Gasteiger charge is -2.21. The van der Waals surface area contributed by atoms with E-state index in [-0.39, 0.29) is 19.3 Å². The first kappa shape index (κ1) is 107. The molecule has 0 bridgehead atoms. The lowest BCUT2D eigenvalue weighted by atomic mass is 10.0. The van der Waals surface area contributed by atoms with Crippen LogP contribution in [0, 0.1) is 0 Å². The van der Waals surface area contributed by atoms with Gasteiger partial charge in [0, 0.05) is 19.3 Å². The number of phosphoric ester groups is 2. The minimum atomic E-state index is -4.94. The van der Waals surface area contributed by atoms with E-state index in [4.69, 9.17) is 32.3 Å². The van der Waals surface area contributed by atoms with Gasteiger partial charge in [0.2, 0.25) is 0 Å². The summed E-state index contributed by atoms with van der Waals surface area (Å²) in [5, 5.41) is 20.7. The van der Waals surface area contributed by atoms with Crippen LogP contribution in [0.3, 0.4) is 0 Å². The normalized spacial score (nSPS) is 14.5. The van der Waals surface area contributed by atoms with E-state index in [0.717, 1.165) is 167 Å². The summed E-state index contributed by atoms with van der Waals surface area (Å²) in [7, 11) is -9.80. The van der Waals surface area contributed by atoms with Crippen LogP contribution in [0.15, 0.2) is 134 Å². The van der Waals surface area contributed by atoms with E-state index >= 15 is 0 Å². The van der Waals surface area contributed by atoms with Gasteiger partial charge >= 0.3 is 33.6 Å². The maximum Gasteiger partial charge on any atom is 0.472 e. The van der Waals surface area contributed by atoms with Crippen molar-refractivity contribution in [1.29, 1.82) is 0 Å². The highest BCUT2D eigenvalue weighted by atomic mass is 31.2. The van der Waals surface area contributed by atoms with Crippen LogP contribution < -0.4 is 0 Å². The van der Waals surface area contributed by atoms with Gasteiger partial charge in [-0.15, -0.1) is 0 Å². The van der Waals surface area contributed by atoms with Crippen LogP contribution in [-0.4, -0.2) is 95.9 Å². The zero-order valence-corrected chi connectivity index (χ0v) is 72.1. The summed E-state index contributed by atoms with van der Waals surface area (Å²) in [5.74, 6) is -1.59. The van der Waals surface area contributed by atoms with Gasteiger partial charge < -0.3 is 34.2 Å². The van der Waals surface area contributed by atoms with Gasteiger partial charge in [0.25, 0.3) is 0 Å². The number of hydrogen-bond donors (Lipinski definition) is 4. The molecule has 4 N–H and O–H groups in total. The molecule has 16 nitrogen and oxygen atoms in total. The van der Waals surface area contributed by atoms with E-state index in [2.05, 4.69) is 154 Å². The topological polar surface area (TPSA) is 231 Å². The molecule has 0 aromatic carbocycles. The van der Waals surface area contributed by atoms with Gasteiger partial charge in [-0.05, 0) is 141 Å². The van der Waals surface area contributed by atoms with Crippen LogP contribution in [0.5, 0.6) is 0 Å². The molecule has 0 amide bonds. The Morgan fingerprint density at radius 2 is 0.477 bits per heavy atom. The van der Waals surface area contributed by atoms with Crippen molar-refractivity contribution in [2.75, 3.05) is 39.6 Å². The molecule has 0 spiro atoms. The van der Waals surface area contributed by atoms with Gasteiger partial charge in [-0.25, -0.2) is 9.13 Å². The summed E-state index contributed by atoms with van der Waals surface area (Å²) in [4.78, 5) is 58.8. The summed E-state index contributed by atoms with van der Waals surface area (Å²) in [6.45, 7) is 2.53. The molecule has 0 aromatic heterocycles. The summed E-state index contributed by atoms with van der Waals surface area (Å²) >= 11 is 0. The predicted octanol–water partition coefficient (Wildman–Crippen LogP) is 27.0. The Labute approximate surface area is 677 Å². The third-order valence-electron chi connectivity index (χ3n) is 18.8. The van der Waals surface area contributed by atoms with Crippen molar-refractivity contribution < 1.29 is 75.8 Å². The first-order valence-corrected chi connectivity index (χ1v) is 47.5. The molecule has 0 aromatic rings. The zero-order chi connectivity index (χ0) is 80.8. The van der Waals surface area contributed by atoms with Crippen LogP contribution in [0.2, 0.25) is 0 Å². The third-order valence-corrected chi connectivity index (χ3v) is 20.7. The molecule has 0 radical (unpaired) electrons. The van der Waals surface area contributed by atoms with Crippen LogP contribution in [-0.2, 0) is 55.8 Å². The standard InChI is InChI=1S/C93H162O16P2/c1-4-7-10-13-16-19-22-25-28-31-33-35-37-38-39-40-41-42-43-44-45-46-47-48-50-52-53-56-58-61-64-67-70-73-76-79-91(96)103-82-88(94)83-105-110(99,100)106-84-89(95)85-107-111(101,102)108-87-90(109-93(98)81-78-75-72-69-66-63-60-55-30-27-24-21-18-15-12-9-6-3)86-104-92(97)80-77-74-71-68-65-62-59-57-54-51-49-36-34-32-29-26-23-20-17-14-11-8-5-2/h9,12,16-21,25-30,33-36,38-39,51,54,88-90,94-95H,4-8,10-11,13-15,22-24,31-32,37,40-50,52-53,55-87H2,1-3H3,(H,99,100)(H,101,102)/b12-9-,19-16-,20-17-,21-18-,28-25-,29-26-,30-27-,35-33-,36-34-,39-38-,54-51-. The van der Waals surface area contributed by atoms with Crippen molar-refractivity contribution in [3.8, 4) is 0 Å². The van der Waals surface area contributed by atoms with E-state index in [1.165, 1.54) is 154 Å². The minimum absolute atomic E-state index is 0.0886. The van der Waals surface area contributed by atoms with Crippen LogP contribution in [0.4, 0.5) is 0 Å². The number of hydrogen-bond acceptors (Lipinski definition) is 14. The zero-order valence-electron chi connectivity index (χ0n) is 70.4. The molecule has 18 heteroatoms. The van der Waals surface area contributed by atoms with Crippen LogP contribution >= 0.6 is 15.6 Å². The second kappa shape index (κ2) is 85.1. The molecule has 5 atom stereocenters. The molecule has 5 unspecified atom stereocenters. The average Bonchev–Trinajstić information content (AvgIpc) is 0.906. The maximum atomic E-state index is 13.0. The number of aliphatic hydroxyl groups excluding tert-OH is 2. The molecule has 111 heavy (non-hydrogen) atoms. The molecule has 0 rings (SSSR count). The van der Waals surface area contributed by atoms with E-state index in [1.807, 2.05) is 0 Å². The van der Waals surface area contributed by atoms with Crippen molar-refractivity contribution in [2.24, 2.45) is 0 Å². The number of rotatable bonds is 84. The van der Waals surface area contributed by atoms with Crippen molar-refractivity contribution >= 4 is 33.6 Å². The molecular formula is C93H162O16P2. The highest BCUT2D eigenvalue weighted by Gasteiger charge is 2.29. The Bertz CT molecular complexity index is 2550. The summed E-state index contributed by atoms with van der Waals surface area (Å²) in [5.41, 5.74) is 0. The Morgan fingerprint density at radius 1 is 0.261 bits per heavy atom. The number of unbranched alkanes of at least 4 members (excludes halogenated alkanes) is 39. The quantitative estimate of drug-likeness (QED) is 0.0146. The monoisotopic (exact) mass is 1600 g/mol. The summed E-state index contributed by atoms with van der Waals surface area (Å²) in [6.07, 6.45) is 105. The van der Waals surface area contributed by atoms with Gasteiger partial charge in [-0.3, -0.25) is 32.5 Å². The molecule has 0 fully saturated rings. The SMILES string of the molecule is CC/C=C\C/C=C\C/C=C\CCCCCCCCCC(=O)OC(COC(=O)CCCCCCCCC/C=C\C/C=C\C/C=C\C/C=C\CCCCC)COP(=O)(O)OCC(O)COP(=O)(O)OCC(O)COC(=O)CCCCCCCCCCCCCCCCCCCCC/C=C\C/C=C\C/C=C\C/C=C\CCCCC. The molecule has 0 heterocycles. The van der Waals surface area contributed by atoms with Gasteiger partial charge in [-0.2, -0.15) is 0 Å². The predicted molar refractivity (Wildman–Crippen MR) is 463 cm³/mol. The Hall–Kier alpha value is -4.31. The number of carbonyl (C=O) groups excluding carboxylic acids is 3. The van der Waals surface area contributed by atoms with E-state index < -0.39 is 91.5 Å². The number of ether oxygens (including phenoxy) is 3. The van der Waals surface area contributed by atoms with Crippen LogP contribution in [0.25, 0.3) is 0 Å². The van der Waals surface area contributed by atoms with E-state index in [9.17, 15) is 43.5 Å². The van der Waals surface area contributed by atoms with Crippen LogP contribution in [0.1, 0.15) is 380 Å². The molecule has 0 saturated heterocycles. The van der Waals surface area contributed by atoms with Gasteiger partial charge in [0.15, 0.2) is 6.10 Å². The van der Waals surface area contributed by atoms with Crippen molar-refractivity contribution in [3.05, 3.63) is 134 Å². The Morgan fingerprint density at radius 3 is 0.757 bits per heavy atom. The number of phosphoric acid groups is 2. The average molecular weight is 1600 g/mol. The summed E-state index contributed by atoms with van der Waals surface area (Å²) in [6, 6.07) is 0. The van der Waals surface area contributed by atoms with E-state index in [1.54, 1.807) is 0 Å². The molecule has 0 saturated carbocycles. The fraction of sp³-hybridized carbons (Fsp3) is 0.731. The number of carbonyl (C=O) groups is 3. The van der Waals surface area contributed by atoms with Gasteiger partial charge in [0.05, 0.1) is 26.4 Å². The smallest absolute Gasteiger partial charge is 0.463 e. The minimum Gasteiger partial charge on any atom is -0.463 e. The Balaban J connectivity index is 4.46. The Kier molecular flexibility index (Phi) is 81.8. The van der Waals surface area contributed by atoms with Crippen molar-refractivity contribution in [1.82, 2.24) is 0 Å². The second-order valence-corrected chi connectivity index (χ2v) is 32.6. The van der Waals surface area contributed by atoms with Crippen molar-refractivity contribution in [2.45, 2.75) is 399 Å².